The molecule has 0 aliphatic heterocycles. The molecule has 9 heteroatoms. The fourth-order valence-corrected chi connectivity index (χ4v) is 1.23. The lowest BCUT2D eigenvalue weighted by molar-refractivity contribution is 0.0943. The first-order valence-electron chi connectivity index (χ1n) is 4.97. The summed E-state index contributed by atoms with van der Waals surface area (Å²) in [6.07, 6.45) is 4.07. The third-order valence-electron chi connectivity index (χ3n) is 2.05. The highest BCUT2D eigenvalue weighted by atomic mass is 16.6. The molecule has 0 aliphatic rings. The van der Waals surface area contributed by atoms with Gasteiger partial charge in [-0.05, 0) is 16.7 Å². The number of hydrogen-bond acceptors (Lipinski definition) is 7. The van der Waals surface area contributed by atoms with Crippen molar-refractivity contribution >= 4 is 11.7 Å². The molecule has 1 amide bonds. The average Bonchev–Trinajstić information content (AvgIpc) is 2.95. The second-order valence-electron chi connectivity index (χ2n) is 3.27. The van der Waals surface area contributed by atoms with Gasteiger partial charge in [-0.2, -0.15) is 0 Å². The van der Waals surface area contributed by atoms with Crippen LogP contribution in [0.1, 0.15) is 16.9 Å². The Morgan fingerprint density at radius 2 is 2.41 bits per heavy atom. The number of anilines is 1. The molecule has 17 heavy (non-hydrogen) atoms. The minimum Gasteiger partial charge on any atom is -0.379 e. The lowest BCUT2D eigenvalue weighted by Gasteiger charge is -2.02. The summed E-state index contributed by atoms with van der Waals surface area (Å²) in [5.74, 6) is -0.416. The van der Waals surface area contributed by atoms with Crippen LogP contribution in [-0.2, 0) is 6.54 Å². The average molecular weight is 237 g/mol. The van der Waals surface area contributed by atoms with Crippen molar-refractivity contribution in [2.45, 2.75) is 13.0 Å². The first kappa shape index (κ1) is 11.0. The van der Waals surface area contributed by atoms with Crippen LogP contribution in [0.15, 0.2) is 17.0 Å². The minimum absolute atomic E-state index is 0.00533. The molecule has 0 aromatic carbocycles. The number of carbonyl (C=O) groups is 1. The molecule has 0 bridgehead atoms. The zero-order valence-electron chi connectivity index (χ0n) is 8.91. The van der Waals surface area contributed by atoms with Gasteiger partial charge in [0, 0.05) is 19.3 Å². The number of nitrogen functional groups attached to an aromatic ring is 1. The molecule has 9 nitrogen and oxygen atoms in total. The van der Waals surface area contributed by atoms with E-state index in [0.717, 1.165) is 6.42 Å². The molecule has 0 saturated heterocycles. The largest absolute Gasteiger partial charge is 0.379 e. The summed E-state index contributed by atoms with van der Waals surface area (Å²) in [5.41, 5.74) is 5.38. The Kier molecular flexibility index (Phi) is 3.28. The molecule has 2 heterocycles. The zero-order valence-corrected chi connectivity index (χ0v) is 8.91. The molecule has 0 aliphatic carbocycles. The number of aromatic nitrogens is 5. The number of amides is 1. The summed E-state index contributed by atoms with van der Waals surface area (Å²) in [6, 6.07) is 0. The molecule has 2 aromatic rings. The quantitative estimate of drug-likeness (QED) is 0.643. The zero-order chi connectivity index (χ0) is 12.1. The van der Waals surface area contributed by atoms with E-state index in [2.05, 4.69) is 30.6 Å². The van der Waals surface area contributed by atoms with E-state index in [1.165, 1.54) is 0 Å². The highest BCUT2D eigenvalue weighted by Gasteiger charge is 2.14. The van der Waals surface area contributed by atoms with Crippen LogP contribution in [0.5, 0.6) is 0 Å². The first-order valence-corrected chi connectivity index (χ1v) is 4.97. The Balaban J connectivity index is 1.72. The van der Waals surface area contributed by atoms with Gasteiger partial charge in [-0.3, -0.25) is 9.48 Å². The van der Waals surface area contributed by atoms with E-state index in [1.807, 2.05) is 0 Å². The SMILES string of the molecule is Nc1nonc1C(=O)NCCCn1ccnn1. The molecule has 90 valence electrons. The van der Waals surface area contributed by atoms with Crippen molar-refractivity contribution in [3.63, 3.8) is 0 Å². The monoisotopic (exact) mass is 237 g/mol. The van der Waals surface area contributed by atoms with Crippen LogP contribution in [0, 0.1) is 0 Å². The minimum atomic E-state index is -0.401. The van der Waals surface area contributed by atoms with E-state index in [1.54, 1.807) is 17.1 Å². The van der Waals surface area contributed by atoms with Crippen molar-refractivity contribution in [3.8, 4) is 0 Å². The third kappa shape index (κ3) is 2.77. The van der Waals surface area contributed by atoms with Gasteiger partial charge in [0.15, 0.2) is 0 Å². The summed E-state index contributed by atoms with van der Waals surface area (Å²) >= 11 is 0. The summed E-state index contributed by atoms with van der Waals surface area (Å²) in [5, 5.41) is 16.8. The highest BCUT2D eigenvalue weighted by Crippen LogP contribution is 2.02. The van der Waals surface area contributed by atoms with Crippen LogP contribution in [-0.4, -0.2) is 37.8 Å². The topological polar surface area (TPSA) is 125 Å². The number of carbonyl (C=O) groups excluding carboxylic acids is 1. The van der Waals surface area contributed by atoms with Gasteiger partial charge in [0.2, 0.25) is 11.5 Å². The predicted octanol–water partition coefficient (Wildman–Crippen LogP) is -0.937. The first-order chi connectivity index (χ1) is 8.27. The number of nitrogens with zero attached hydrogens (tertiary/aromatic N) is 5. The predicted molar refractivity (Wildman–Crippen MR) is 55.7 cm³/mol. The molecule has 0 atom stereocenters. The van der Waals surface area contributed by atoms with Crippen LogP contribution in [0.4, 0.5) is 5.82 Å². The molecule has 0 saturated carbocycles. The van der Waals surface area contributed by atoms with Crippen LogP contribution in [0.3, 0.4) is 0 Å². The normalized spacial score (nSPS) is 10.4. The maximum atomic E-state index is 11.5. The number of hydrogen-bond donors (Lipinski definition) is 2. The Labute approximate surface area is 95.9 Å². The van der Waals surface area contributed by atoms with Crippen molar-refractivity contribution < 1.29 is 9.42 Å². The van der Waals surface area contributed by atoms with Gasteiger partial charge in [0.1, 0.15) is 0 Å². The van der Waals surface area contributed by atoms with Gasteiger partial charge in [-0.1, -0.05) is 5.21 Å². The van der Waals surface area contributed by atoms with Crippen molar-refractivity contribution in [2.75, 3.05) is 12.3 Å². The van der Waals surface area contributed by atoms with Gasteiger partial charge in [0.05, 0.1) is 6.20 Å². The second-order valence-corrected chi connectivity index (χ2v) is 3.27. The number of rotatable bonds is 5. The van der Waals surface area contributed by atoms with E-state index in [0.29, 0.717) is 13.1 Å². The van der Waals surface area contributed by atoms with Crippen molar-refractivity contribution in [1.82, 2.24) is 30.6 Å². The maximum absolute atomic E-state index is 11.5. The third-order valence-corrected chi connectivity index (χ3v) is 2.05. The van der Waals surface area contributed by atoms with E-state index < -0.39 is 5.91 Å². The molecule has 2 rings (SSSR count). The lowest BCUT2D eigenvalue weighted by Crippen LogP contribution is -2.26. The van der Waals surface area contributed by atoms with Crippen molar-refractivity contribution in [1.29, 1.82) is 0 Å². The van der Waals surface area contributed by atoms with Crippen LogP contribution >= 0.6 is 0 Å². The van der Waals surface area contributed by atoms with Gasteiger partial charge < -0.3 is 11.1 Å². The van der Waals surface area contributed by atoms with E-state index in [-0.39, 0.29) is 11.5 Å². The van der Waals surface area contributed by atoms with Crippen molar-refractivity contribution in [3.05, 3.63) is 18.1 Å². The summed E-state index contributed by atoms with van der Waals surface area (Å²) < 4.78 is 6.00. The second kappa shape index (κ2) is 5.05. The Morgan fingerprint density at radius 3 is 3.06 bits per heavy atom. The standard InChI is InChI=1S/C8H11N7O2/c9-7-6(12-17-13-7)8(16)10-2-1-4-15-5-3-11-14-15/h3,5H,1-2,4H2,(H2,9,13)(H,10,16). The molecular formula is C8H11N7O2. The van der Waals surface area contributed by atoms with E-state index >= 15 is 0 Å². The lowest BCUT2D eigenvalue weighted by atomic mass is 10.3. The fourth-order valence-electron chi connectivity index (χ4n) is 1.23. The van der Waals surface area contributed by atoms with E-state index in [9.17, 15) is 4.79 Å². The molecule has 2 aromatic heterocycles. The van der Waals surface area contributed by atoms with Crippen LogP contribution in [0.25, 0.3) is 0 Å². The van der Waals surface area contributed by atoms with Crippen LogP contribution < -0.4 is 11.1 Å². The van der Waals surface area contributed by atoms with Gasteiger partial charge in [0.25, 0.3) is 5.91 Å². The van der Waals surface area contributed by atoms with Crippen LogP contribution in [0.2, 0.25) is 0 Å². The summed E-state index contributed by atoms with van der Waals surface area (Å²) in [7, 11) is 0. The number of aryl methyl sites for hydroxylation is 1. The smallest absolute Gasteiger partial charge is 0.277 e. The molecule has 0 radical (unpaired) electrons. The molecule has 0 unspecified atom stereocenters. The summed E-state index contributed by atoms with van der Waals surface area (Å²) in [4.78, 5) is 11.5. The molecular weight excluding hydrogens is 226 g/mol. The Hall–Kier alpha value is -2.45. The molecule has 0 fully saturated rings. The van der Waals surface area contributed by atoms with Gasteiger partial charge >= 0.3 is 0 Å². The molecule has 0 spiro atoms. The number of nitrogens with two attached hydrogens (primary N) is 1. The summed E-state index contributed by atoms with van der Waals surface area (Å²) in [6.45, 7) is 1.15. The highest BCUT2D eigenvalue weighted by molar-refractivity contribution is 5.95. The molecule has 3 N–H and O–H groups in total. The van der Waals surface area contributed by atoms with Crippen molar-refractivity contribution in [2.24, 2.45) is 0 Å². The Morgan fingerprint density at radius 1 is 1.53 bits per heavy atom. The number of nitrogens with one attached hydrogen (secondary N) is 1. The fraction of sp³-hybridized carbons (Fsp3) is 0.375. The van der Waals surface area contributed by atoms with Gasteiger partial charge in [-0.15, -0.1) is 5.10 Å². The Bertz CT molecular complexity index is 478. The van der Waals surface area contributed by atoms with Gasteiger partial charge in [-0.25, -0.2) is 4.63 Å². The maximum Gasteiger partial charge on any atom is 0.277 e. The van der Waals surface area contributed by atoms with E-state index in [4.69, 9.17) is 5.73 Å².